The van der Waals surface area contributed by atoms with E-state index in [1.807, 2.05) is 0 Å². The molecule has 2 nitrogen and oxygen atoms in total. The van der Waals surface area contributed by atoms with Crippen molar-refractivity contribution < 1.29 is 9.18 Å². The van der Waals surface area contributed by atoms with Gasteiger partial charge in [0.05, 0.1) is 5.56 Å². The largest absolute Gasteiger partial charge is 0.366 e. The fourth-order valence-electron chi connectivity index (χ4n) is 1.54. The van der Waals surface area contributed by atoms with E-state index in [-0.39, 0.29) is 5.56 Å². The molecule has 0 fully saturated rings. The average Bonchev–Trinajstić information content (AvgIpc) is 2.29. The first kappa shape index (κ1) is 11.6. The van der Waals surface area contributed by atoms with Gasteiger partial charge in [-0.1, -0.05) is 29.8 Å². The van der Waals surface area contributed by atoms with Crippen LogP contribution >= 0.6 is 11.6 Å². The maximum Gasteiger partial charge on any atom is 0.251 e. The maximum atomic E-state index is 13.5. The summed E-state index contributed by atoms with van der Waals surface area (Å²) in [5.74, 6) is -1.39. The third-order valence-electron chi connectivity index (χ3n) is 2.41. The zero-order valence-corrected chi connectivity index (χ0v) is 9.54. The Morgan fingerprint density at radius 2 is 1.65 bits per heavy atom. The number of primary amides is 1. The van der Waals surface area contributed by atoms with Crippen molar-refractivity contribution >= 4 is 17.5 Å². The van der Waals surface area contributed by atoms with E-state index in [0.29, 0.717) is 10.6 Å². The SMILES string of the molecule is NC(=O)c1ccc(-c2ccc(Cl)cc2)cc1F. The van der Waals surface area contributed by atoms with E-state index in [1.54, 1.807) is 30.3 Å². The molecule has 0 heterocycles. The van der Waals surface area contributed by atoms with Gasteiger partial charge in [0, 0.05) is 5.02 Å². The van der Waals surface area contributed by atoms with Crippen LogP contribution in [-0.4, -0.2) is 5.91 Å². The lowest BCUT2D eigenvalue weighted by Crippen LogP contribution is -2.12. The van der Waals surface area contributed by atoms with Gasteiger partial charge in [0.15, 0.2) is 0 Å². The monoisotopic (exact) mass is 249 g/mol. The van der Waals surface area contributed by atoms with Crippen LogP contribution < -0.4 is 5.73 Å². The first-order valence-corrected chi connectivity index (χ1v) is 5.31. The van der Waals surface area contributed by atoms with Crippen LogP contribution in [0.15, 0.2) is 42.5 Å². The predicted molar refractivity (Wildman–Crippen MR) is 65.4 cm³/mol. The van der Waals surface area contributed by atoms with Crippen molar-refractivity contribution in [3.63, 3.8) is 0 Å². The number of hydrogen-bond donors (Lipinski definition) is 1. The van der Waals surface area contributed by atoms with Crippen molar-refractivity contribution in [2.45, 2.75) is 0 Å². The Bertz CT molecular complexity index is 566. The molecule has 2 rings (SSSR count). The summed E-state index contributed by atoms with van der Waals surface area (Å²) >= 11 is 5.76. The van der Waals surface area contributed by atoms with E-state index < -0.39 is 11.7 Å². The number of halogens is 2. The number of nitrogens with two attached hydrogens (primary N) is 1. The summed E-state index contributed by atoms with van der Waals surface area (Å²) in [6.07, 6.45) is 0. The minimum absolute atomic E-state index is 0.109. The van der Waals surface area contributed by atoms with Crippen molar-refractivity contribution in [1.29, 1.82) is 0 Å². The van der Waals surface area contributed by atoms with Gasteiger partial charge in [-0.25, -0.2) is 4.39 Å². The van der Waals surface area contributed by atoms with Gasteiger partial charge in [-0.2, -0.15) is 0 Å². The Morgan fingerprint density at radius 1 is 1.06 bits per heavy atom. The van der Waals surface area contributed by atoms with E-state index in [1.165, 1.54) is 12.1 Å². The van der Waals surface area contributed by atoms with Crippen LogP contribution in [0.5, 0.6) is 0 Å². The van der Waals surface area contributed by atoms with Gasteiger partial charge in [-0.15, -0.1) is 0 Å². The molecule has 0 aliphatic heterocycles. The third-order valence-corrected chi connectivity index (χ3v) is 2.66. The number of amides is 1. The second-order valence-electron chi connectivity index (χ2n) is 3.57. The van der Waals surface area contributed by atoms with Crippen molar-refractivity contribution in [2.75, 3.05) is 0 Å². The Balaban J connectivity index is 2.44. The van der Waals surface area contributed by atoms with Gasteiger partial charge in [0.1, 0.15) is 5.82 Å². The normalized spacial score (nSPS) is 10.2. The molecular formula is C13H9ClFNO. The highest BCUT2D eigenvalue weighted by Gasteiger charge is 2.09. The van der Waals surface area contributed by atoms with Crippen LogP contribution in [-0.2, 0) is 0 Å². The summed E-state index contributed by atoms with van der Waals surface area (Å²) < 4.78 is 13.5. The highest BCUT2D eigenvalue weighted by Crippen LogP contribution is 2.23. The number of hydrogen-bond acceptors (Lipinski definition) is 1. The molecule has 0 aromatic heterocycles. The third kappa shape index (κ3) is 2.45. The molecular weight excluding hydrogens is 241 g/mol. The molecule has 0 saturated carbocycles. The summed E-state index contributed by atoms with van der Waals surface area (Å²) in [6.45, 7) is 0. The lowest BCUT2D eigenvalue weighted by molar-refractivity contribution is 0.0996. The van der Waals surface area contributed by atoms with Crippen molar-refractivity contribution in [3.05, 3.63) is 58.9 Å². The van der Waals surface area contributed by atoms with Crippen molar-refractivity contribution in [3.8, 4) is 11.1 Å². The molecule has 0 aliphatic rings. The topological polar surface area (TPSA) is 43.1 Å². The van der Waals surface area contributed by atoms with Crippen LogP contribution in [0, 0.1) is 5.82 Å². The average molecular weight is 250 g/mol. The first-order chi connectivity index (χ1) is 8.08. The summed E-state index contributed by atoms with van der Waals surface area (Å²) in [5, 5.41) is 0.614. The minimum Gasteiger partial charge on any atom is -0.366 e. The van der Waals surface area contributed by atoms with E-state index in [9.17, 15) is 9.18 Å². The molecule has 0 radical (unpaired) electrons. The Hall–Kier alpha value is -1.87. The smallest absolute Gasteiger partial charge is 0.251 e. The number of benzene rings is 2. The predicted octanol–water partition coefficient (Wildman–Crippen LogP) is 3.25. The Kier molecular flexibility index (Phi) is 3.11. The van der Waals surface area contributed by atoms with Crippen LogP contribution in [0.3, 0.4) is 0 Å². The van der Waals surface area contributed by atoms with Gasteiger partial charge in [-0.3, -0.25) is 4.79 Å². The van der Waals surface area contributed by atoms with E-state index >= 15 is 0 Å². The molecule has 0 aliphatic carbocycles. The van der Waals surface area contributed by atoms with Gasteiger partial charge in [0.2, 0.25) is 0 Å². The quantitative estimate of drug-likeness (QED) is 0.872. The number of rotatable bonds is 2. The van der Waals surface area contributed by atoms with Gasteiger partial charge in [0.25, 0.3) is 5.91 Å². The zero-order chi connectivity index (χ0) is 12.4. The van der Waals surface area contributed by atoms with Crippen molar-refractivity contribution in [1.82, 2.24) is 0 Å². The molecule has 2 aromatic rings. The molecule has 86 valence electrons. The van der Waals surface area contributed by atoms with Gasteiger partial charge < -0.3 is 5.73 Å². The molecule has 0 atom stereocenters. The van der Waals surface area contributed by atoms with Crippen LogP contribution in [0.2, 0.25) is 5.02 Å². The molecule has 0 saturated heterocycles. The van der Waals surface area contributed by atoms with Crippen LogP contribution in [0.4, 0.5) is 4.39 Å². The van der Waals surface area contributed by atoms with E-state index in [4.69, 9.17) is 17.3 Å². The maximum absolute atomic E-state index is 13.5. The second kappa shape index (κ2) is 4.55. The highest BCUT2D eigenvalue weighted by molar-refractivity contribution is 6.30. The number of carbonyl (C=O) groups excluding carboxylic acids is 1. The standard InChI is InChI=1S/C13H9ClFNO/c14-10-4-1-8(2-5-10)9-3-6-11(13(16)17)12(15)7-9/h1-7H,(H2,16,17). The lowest BCUT2D eigenvalue weighted by atomic mass is 10.0. The molecule has 1 amide bonds. The lowest BCUT2D eigenvalue weighted by Gasteiger charge is -2.04. The fraction of sp³-hybridized carbons (Fsp3) is 0. The van der Waals surface area contributed by atoms with Gasteiger partial charge in [-0.05, 0) is 35.4 Å². The van der Waals surface area contributed by atoms with Crippen LogP contribution in [0.25, 0.3) is 11.1 Å². The summed E-state index contributed by atoms with van der Waals surface area (Å²) in [5.41, 5.74) is 6.41. The summed E-state index contributed by atoms with van der Waals surface area (Å²) in [4.78, 5) is 10.9. The molecule has 2 aromatic carbocycles. The second-order valence-corrected chi connectivity index (χ2v) is 4.00. The molecule has 0 unspecified atom stereocenters. The van der Waals surface area contributed by atoms with Gasteiger partial charge >= 0.3 is 0 Å². The summed E-state index contributed by atoms with van der Waals surface area (Å²) in [6, 6.07) is 11.3. The molecule has 2 N–H and O–H groups in total. The first-order valence-electron chi connectivity index (χ1n) is 4.93. The molecule has 17 heavy (non-hydrogen) atoms. The Morgan fingerprint density at radius 3 is 2.18 bits per heavy atom. The summed E-state index contributed by atoms with van der Waals surface area (Å²) in [7, 11) is 0. The molecule has 0 spiro atoms. The minimum atomic E-state index is -0.773. The molecule has 0 bridgehead atoms. The number of carbonyl (C=O) groups is 1. The zero-order valence-electron chi connectivity index (χ0n) is 8.78. The van der Waals surface area contributed by atoms with E-state index in [2.05, 4.69) is 0 Å². The van der Waals surface area contributed by atoms with E-state index in [0.717, 1.165) is 5.56 Å². The fourth-order valence-corrected chi connectivity index (χ4v) is 1.66. The van der Waals surface area contributed by atoms with Crippen LogP contribution in [0.1, 0.15) is 10.4 Å². The highest BCUT2D eigenvalue weighted by atomic mass is 35.5. The molecule has 4 heteroatoms. The Labute approximate surface area is 103 Å². The van der Waals surface area contributed by atoms with Crippen molar-refractivity contribution in [2.24, 2.45) is 5.73 Å².